The van der Waals surface area contributed by atoms with Crippen LogP contribution >= 0.6 is 11.3 Å². The zero-order valence-electron chi connectivity index (χ0n) is 16.9. The van der Waals surface area contributed by atoms with Gasteiger partial charge in [-0.3, -0.25) is 4.90 Å². The van der Waals surface area contributed by atoms with Crippen LogP contribution in [0.4, 0.5) is 0 Å². The molecule has 1 aliphatic heterocycles. The predicted octanol–water partition coefficient (Wildman–Crippen LogP) is 4.64. The number of aliphatic hydroxyl groups excluding tert-OH is 1. The van der Waals surface area contributed by atoms with Gasteiger partial charge in [0, 0.05) is 29.8 Å². The largest absolute Gasteiger partial charge is 0.497 e. The van der Waals surface area contributed by atoms with Gasteiger partial charge in [0.1, 0.15) is 10.8 Å². The Morgan fingerprint density at radius 3 is 2.62 bits per heavy atom. The second-order valence-electron chi connectivity index (χ2n) is 7.96. The first-order chi connectivity index (χ1) is 14.2. The van der Waals surface area contributed by atoms with Gasteiger partial charge in [-0.1, -0.05) is 42.5 Å². The van der Waals surface area contributed by atoms with Crippen LogP contribution in [0.15, 0.2) is 60.8 Å². The Labute approximate surface area is 176 Å². The number of aromatic nitrogens is 1. The molecule has 3 aromatic rings. The van der Waals surface area contributed by atoms with Crippen molar-refractivity contribution in [1.82, 2.24) is 9.88 Å². The van der Waals surface area contributed by atoms with Crippen molar-refractivity contribution >= 4 is 11.3 Å². The number of hydrogen-bond acceptors (Lipinski definition) is 5. The topological polar surface area (TPSA) is 45.6 Å². The molecule has 4 nitrogen and oxygen atoms in total. The first kappa shape index (κ1) is 20.1. The summed E-state index contributed by atoms with van der Waals surface area (Å²) in [5, 5.41) is 11.3. The van der Waals surface area contributed by atoms with Gasteiger partial charge in [-0.15, -0.1) is 11.3 Å². The van der Waals surface area contributed by atoms with E-state index in [0.29, 0.717) is 0 Å². The average molecular weight is 409 g/mol. The van der Waals surface area contributed by atoms with E-state index in [4.69, 9.17) is 4.74 Å². The van der Waals surface area contributed by atoms with Gasteiger partial charge >= 0.3 is 0 Å². The van der Waals surface area contributed by atoms with E-state index in [2.05, 4.69) is 46.3 Å². The number of hydrogen-bond donors (Lipinski definition) is 1. The lowest BCUT2D eigenvalue weighted by Crippen LogP contribution is -2.42. The molecular formula is C24H28N2O2S. The van der Waals surface area contributed by atoms with Gasteiger partial charge < -0.3 is 9.84 Å². The van der Waals surface area contributed by atoms with Crippen LogP contribution in [0.3, 0.4) is 0 Å². The SMILES string of the molecule is COc1cccc(CC2(CO)CCN(Cc3cnc(-c4ccccc4)s3)CC2)c1. The van der Waals surface area contributed by atoms with Crippen molar-refractivity contribution in [1.29, 1.82) is 0 Å². The van der Waals surface area contributed by atoms with Crippen LogP contribution in [0.1, 0.15) is 23.3 Å². The molecule has 0 amide bonds. The minimum atomic E-state index is -0.0359. The van der Waals surface area contributed by atoms with Crippen LogP contribution in [-0.4, -0.2) is 41.8 Å². The Kier molecular flexibility index (Phi) is 6.28. The van der Waals surface area contributed by atoms with Gasteiger partial charge in [0.2, 0.25) is 0 Å². The van der Waals surface area contributed by atoms with Crippen LogP contribution in [0.5, 0.6) is 5.75 Å². The van der Waals surface area contributed by atoms with Crippen molar-refractivity contribution < 1.29 is 9.84 Å². The summed E-state index contributed by atoms with van der Waals surface area (Å²) in [6.07, 6.45) is 4.92. The lowest BCUT2D eigenvalue weighted by molar-refractivity contribution is 0.0416. The highest BCUT2D eigenvalue weighted by molar-refractivity contribution is 7.15. The lowest BCUT2D eigenvalue weighted by Gasteiger charge is -2.40. The van der Waals surface area contributed by atoms with Crippen molar-refractivity contribution in [3.8, 4) is 16.3 Å². The fraction of sp³-hybridized carbons (Fsp3) is 0.375. The monoisotopic (exact) mass is 408 g/mol. The van der Waals surface area contributed by atoms with E-state index in [1.165, 1.54) is 16.0 Å². The molecule has 0 bridgehead atoms. The third-order valence-electron chi connectivity index (χ3n) is 5.92. The second-order valence-corrected chi connectivity index (χ2v) is 9.08. The number of nitrogens with zero attached hydrogens (tertiary/aromatic N) is 2. The number of thiazole rings is 1. The zero-order chi connectivity index (χ0) is 20.1. The number of methoxy groups -OCH3 is 1. The summed E-state index contributed by atoms with van der Waals surface area (Å²) in [6.45, 7) is 3.17. The summed E-state index contributed by atoms with van der Waals surface area (Å²) in [5.74, 6) is 0.882. The smallest absolute Gasteiger partial charge is 0.123 e. The van der Waals surface area contributed by atoms with Gasteiger partial charge in [-0.05, 0) is 55.5 Å². The Balaban J connectivity index is 1.36. The maximum Gasteiger partial charge on any atom is 0.123 e. The molecule has 0 spiro atoms. The van der Waals surface area contributed by atoms with E-state index in [9.17, 15) is 5.11 Å². The number of likely N-dealkylation sites (tertiary alicyclic amines) is 1. The lowest BCUT2D eigenvalue weighted by atomic mass is 9.74. The Hall–Kier alpha value is -2.21. The molecule has 152 valence electrons. The zero-order valence-corrected chi connectivity index (χ0v) is 17.7. The van der Waals surface area contributed by atoms with Crippen molar-refractivity contribution in [2.75, 3.05) is 26.8 Å². The Morgan fingerprint density at radius 2 is 1.90 bits per heavy atom. The molecule has 1 aromatic heterocycles. The van der Waals surface area contributed by atoms with Crippen molar-refractivity contribution in [3.05, 3.63) is 71.2 Å². The van der Waals surface area contributed by atoms with E-state index in [0.717, 1.165) is 49.7 Å². The molecule has 0 saturated carbocycles. The minimum absolute atomic E-state index is 0.0359. The molecule has 5 heteroatoms. The first-order valence-electron chi connectivity index (χ1n) is 10.2. The predicted molar refractivity (Wildman–Crippen MR) is 118 cm³/mol. The summed E-state index contributed by atoms with van der Waals surface area (Å²) >= 11 is 1.78. The molecule has 1 fully saturated rings. The molecular weight excluding hydrogens is 380 g/mol. The summed E-state index contributed by atoms with van der Waals surface area (Å²) < 4.78 is 5.35. The van der Waals surface area contributed by atoms with E-state index in [-0.39, 0.29) is 12.0 Å². The number of ether oxygens (including phenoxy) is 1. The molecule has 0 unspecified atom stereocenters. The summed E-state index contributed by atoms with van der Waals surface area (Å²) in [4.78, 5) is 8.40. The van der Waals surface area contributed by atoms with Gasteiger partial charge in [0.05, 0.1) is 7.11 Å². The fourth-order valence-corrected chi connectivity index (χ4v) is 5.07. The molecule has 0 atom stereocenters. The molecule has 2 heterocycles. The van der Waals surface area contributed by atoms with Gasteiger partial charge in [0.25, 0.3) is 0 Å². The highest BCUT2D eigenvalue weighted by Crippen LogP contribution is 2.36. The van der Waals surface area contributed by atoms with Crippen LogP contribution in [0, 0.1) is 5.41 Å². The highest BCUT2D eigenvalue weighted by Gasteiger charge is 2.34. The normalized spacial score (nSPS) is 16.6. The van der Waals surface area contributed by atoms with Gasteiger partial charge in [-0.2, -0.15) is 0 Å². The molecule has 1 saturated heterocycles. The summed E-state index contributed by atoms with van der Waals surface area (Å²) in [6, 6.07) is 18.6. The maximum absolute atomic E-state index is 10.2. The number of piperidine rings is 1. The van der Waals surface area contributed by atoms with E-state index in [1.807, 2.05) is 24.4 Å². The van der Waals surface area contributed by atoms with Crippen LogP contribution < -0.4 is 4.74 Å². The quantitative estimate of drug-likeness (QED) is 0.619. The first-order valence-corrected chi connectivity index (χ1v) is 11.0. The summed E-state index contributed by atoms with van der Waals surface area (Å²) in [5.41, 5.74) is 2.38. The van der Waals surface area contributed by atoms with Crippen LogP contribution in [0.25, 0.3) is 10.6 Å². The van der Waals surface area contributed by atoms with E-state index in [1.54, 1.807) is 18.4 Å². The molecule has 29 heavy (non-hydrogen) atoms. The van der Waals surface area contributed by atoms with Crippen molar-refractivity contribution in [2.24, 2.45) is 5.41 Å². The third kappa shape index (κ3) is 4.86. The highest BCUT2D eigenvalue weighted by atomic mass is 32.1. The van der Waals surface area contributed by atoms with Crippen LogP contribution in [0.2, 0.25) is 0 Å². The fourth-order valence-electron chi connectivity index (χ4n) is 4.11. The molecule has 1 N–H and O–H groups in total. The van der Waals surface area contributed by atoms with Crippen molar-refractivity contribution in [3.63, 3.8) is 0 Å². The van der Waals surface area contributed by atoms with Gasteiger partial charge in [-0.25, -0.2) is 4.98 Å². The number of rotatable bonds is 7. The molecule has 1 aliphatic rings. The molecule has 0 radical (unpaired) electrons. The Bertz CT molecular complexity index is 917. The van der Waals surface area contributed by atoms with Crippen molar-refractivity contribution in [2.45, 2.75) is 25.8 Å². The average Bonchev–Trinajstić information content (AvgIpc) is 3.24. The molecule has 2 aromatic carbocycles. The summed E-state index contributed by atoms with van der Waals surface area (Å²) in [7, 11) is 1.70. The molecule has 0 aliphatic carbocycles. The van der Waals surface area contributed by atoms with Crippen LogP contribution in [-0.2, 0) is 13.0 Å². The number of aliphatic hydroxyl groups is 1. The van der Waals surface area contributed by atoms with Gasteiger partial charge in [0.15, 0.2) is 0 Å². The van der Waals surface area contributed by atoms with E-state index < -0.39 is 0 Å². The van der Waals surface area contributed by atoms with E-state index >= 15 is 0 Å². The molecule has 4 rings (SSSR count). The minimum Gasteiger partial charge on any atom is -0.497 e. The maximum atomic E-state index is 10.2. The Morgan fingerprint density at radius 1 is 1.10 bits per heavy atom. The second kappa shape index (κ2) is 9.08. The third-order valence-corrected chi connectivity index (χ3v) is 6.95. The standard InChI is InChI=1S/C24H28N2O2S/c1-28-21-9-5-6-19(14-21)15-24(18-27)10-12-26(13-11-24)17-22-16-25-23(29-22)20-7-3-2-4-8-20/h2-9,14,16,27H,10-13,15,17-18H2,1H3. The number of benzene rings is 2.